The van der Waals surface area contributed by atoms with Gasteiger partial charge >= 0.3 is 0 Å². The number of nitrogens with zero attached hydrogens (tertiary/aromatic N) is 2. The number of aliphatic imine (C=N–C) groups is 1. The molecule has 0 aromatic carbocycles. The van der Waals surface area contributed by atoms with Crippen molar-refractivity contribution in [1.82, 2.24) is 10.2 Å². The van der Waals surface area contributed by atoms with E-state index >= 15 is 0 Å². The lowest BCUT2D eigenvalue weighted by Crippen LogP contribution is -2.40. The summed E-state index contributed by atoms with van der Waals surface area (Å²) in [6.07, 6.45) is 5.19. The van der Waals surface area contributed by atoms with Gasteiger partial charge in [-0.3, -0.25) is 4.99 Å². The van der Waals surface area contributed by atoms with Crippen LogP contribution in [0.5, 0.6) is 0 Å². The molecule has 2 aliphatic rings. The molecule has 2 rings (SSSR count). The fourth-order valence-electron chi connectivity index (χ4n) is 2.91. The van der Waals surface area contributed by atoms with Gasteiger partial charge in [0.2, 0.25) is 0 Å². The molecule has 118 valence electrons. The van der Waals surface area contributed by atoms with E-state index in [1.807, 2.05) is 0 Å². The molecule has 0 saturated carbocycles. The average molecular weight is 395 g/mol. The molecular formula is C15H30IN3O. The van der Waals surface area contributed by atoms with Gasteiger partial charge in [0.25, 0.3) is 0 Å². The summed E-state index contributed by atoms with van der Waals surface area (Å²) in [6.45, 7) is 11.8. The molecule has 0 spiro atoms. The topological polar surface area (TPSA) is 36.9 Å². The predicted octanol–water partition coefficient (Wildman–Crippen LogP) is 2.87. The normalized spacial score (nSPS) is 25.6. The monoisotopic (exact) mass is 395 g/mol. The number of halogens is 1. The summed E-state index contributed by atoms with van der Waals surface area (Å²) in [4.78, 5) is 7.18. The second kappa shape index (κ2) is 8.41. The van der Waals surface area contributed by atoms with Crippen molar-refractivity contribution in [3.63, 3.8) is 0 Å². The molecule has 1 atom stereocenters. The fraction of sp³-hybridized carbons (Fsp3) is 0.933. The molecule has 0 aliphatic carbocycles. The molecule has 2 fully saturated rings. The first-order chi connectivity index (χ1) is 9.11. The summed E-state index contributed by atoms with van der Waals surface area (Å²) in [5.74, 6) is 1.09. The summed E-state index contributed by atoms with van der Waals surface area (Å²) >= 11 is 0. The summed E-state index contributed by atoms with van der Waals surface area (Å²) in [5, 5.41) is 3.42. The lowest BCUT2D eigenvalue weighted by molar-refractivity contribution is 0.106. The molecule has 5 heteroatoms. The van der Waals surface area contributed by atoms with Gasteiger partial charge in [0.1, 0.15) is 0 Å². The third kappa shape index (κ3) is 5.39. The molecule has 4 nitrogen and oxygen atoms in total. The van der Waals surface area contributed by atoms with Gasteiger partial charge in [-0.1, -0.05) is 13.8 Å². The first-order valence-corrected chi connectivity index (χ1v) is 7.75. The number of guanidine groups is 1. The Kier molecular flexibility index (Phi) is 7.58. The average Bonchev–Trinajstić information content (AvgIpc) is 2.97. The van der Waals surface area contributed by atoms with Crippen LogP contribution < -0.4 is 5.32 Å². The van der Waals surface area contributed by atoms with Gasteiger partial charge in [-0.2, -0.15) is 0 Å². The fourth-order valence-corrected chi connectivity index (χ4v) is 2.91. The standard InChI is InChI=1S/C15H29N3O.HI/c1-4-16-14(18-10-8-15(2,3)12-18)17-9-7-13-6-5-11-19-13;/h13H,4-12H2,1-3H3,(H,16,17);1H. The zero-order chi connectivity index (χ0) is 13.7. The van der Waals surface area contributed by atoms with E-state index in [0.29, 0.717) is 11.5 Å². The summed E-state index contributed by atoms with van der Waals surface area (Å²) in [5.41, 5.74) is 0.421. The second-order valence-electron chi connectivity index (χ2n) is 6.50. The minimum Gasteiger partial charge on any atom is -0.378 e. The van der Waals surface area contributed by atoms with E-state index in [-0.39, 0.29) is 24.0 Å². The SMILES string of the molecule is CCNC(=NCCC1CCCO1)N1CCC(C)(C)C1.I. The predicted molar refractivity (Wildman–Crippen MR) is 95.0 cm³/mol. The van der Waals surface area contributed by atoms with Crippen LogP contribution in [0.2, 0.25) is 0 Å². The Labute approximate surface area is 140 Å². The summed E-state index contributed by atoms with van der Waals surface area (Å²) in [6, 6.07) is 0. The zero-order valence-electron chi connectivity index (χ0n) is 13.2. The molecule has 20 heavy (non-hydrogen) atoms. The van der Waals surface area contributed by atoms with Crippen molar-refractivity contribution in [3.05, 3.63) is 0 Å². The molecule has 2 aliphatic heterocycles. The maximum absolute atomic E-state index is 5.65. The summed E-state index contributed by atoms with van der Waals surface area (Å²) in [7, 11) is 0. The van der Waals surface area contributed by atoms with E-state index in [1.54, 1.807) is 0 Å². The number of hydrogen-bond donors (Lipinski definition) is 1. The first-order valence-electron chi connectivity index (χ1n) is 7.75. The van der Waals surface area contributed by atoms with Crippen molar-refractivity contribution in [2.75, 3.05) is 32.8 Å². The number of hydrogen-bond acceptors (Lipinski definition) is 2. The number of ether oxygens (including phenoxy) is 1. The van der Waals surface area contributed by atoms with Crippen molar-refractivity contribution >= 4 is 29.9 Å². The van der Waals surface area contributed by atoms with Crippen LogP contribution in [-0.4, -0.2) is 49.7 Å². The molecule has 1 unspecified atom stereocenters. The largest absolute Gasteiger partial charge is 0.378 e. The Morgan fingerprint density at radius 2 is 2.25 bits per heavy atom. The summed E-state index contributed by atoms with van der Waals surface area (Å²) < 4.78 is 5.65. The lowest BCUT2D eigenvalue weighted by atomic mass is 9.93. The van der Waals surface area contributed by atoms with E-state index < -0.39 is 0 Å². The Morgan fingerprint density at radius 1 is 1.45 bits per heavy atom. The van der Waals surface area contributed by atoms with E-state index in [0.717, 1.165) is 45.2 Å². The van der Waals surface area contributed by atoms with Crippen LogP contribution in [0.15, 0.2) is 4.99 Å². The van der Waals surface area contributed by atoms with E-state index in [9.17, 15) is 0 Å². The van der Waals surface area contributed by atoms with E-state index in [1.165, 1.54) is 19.3 Å². The van der Waals surface area contributed by atoms with Crippen LogP contribution in [0, 0.1) is 5.41 Å². The molecule has 2 heterocycles. The van der Waals surface area contributed by atoms with Crippen molar-refractivity contribution in [2.24, 2.45) is 10.4 Å². The van der Waals surface area contributed by atoms with Gasteiger partial charge < -0.3 is 15.0 Å². The van der Waals surface area contributed by atoms with Crippen LogP contribution in [0.3, 0.4) is 0 Å². The van der Waals surface area contributed by atoms with Crippen LogP contribution in [-0.2, 0) is 4.74 Å². The quantitative estimate of drug-likeness (QED) is 0.452. The smallest absolute Gasteiger partial charge is 0.193 e. The first kappa shape index (κ1) is 18.0. The number of nitrogens with one attached hydrogen (secondary N) is 1. The number of rotatable bonds is 4. The third-order valence-electron chi connectivity index (χ3n) is 4.05. The third-order valence-corrected chi connectivity index (χ3v) is 4.05. The highest BCUT2D eigenvalue weighted by atomic mass is 127. The molecule has 0 aromatic rings. The molecular weight excluding hydrogens is 365 g/mol. The minimum absolute atomic E-state index is 0. The van der Waals surface area contributed by atoms with Crippen molar-refractivity contribution in [2.45, 2.75) is 52.6 Å². The van der Waals surface area contributed by atoms with Crippen LogP contribution in [0.1, 0.15) is 46.5 Å². The maximum atomic E-state index is 5.65. The van der Waals surface area contributed by atoms with Gasteiger partial charge in [0.15, 0.2) is 5.96 Å². The Morgan fingerprint density at radius 3 is 2.80 bits per heavy atom. The highest BCUT2D eigenvalue weighted by Gasteiger charge is 2.30. The van der Waals surface area contributed by atoms with E-state index in [2.05, 4.69) is 31.0 Å². The van der Waals surface area contributed by atoms with Gasteiger partial charge in [0.05, 0.1) is 6.10 Å². The zero-order valence-corrected chi connectivity index (χ0v) is 15.5. The van der Waals surface area contributed by atoms with Gasteiger partial charge in [0, 0.05) is 32.8 Å². The maximum Gasteiger partial charge on any atom is 0.193 e. The Bertz CT molecular complexity index is 314. The molecule has 0 amide bonds. The van der Waals surface area contributed by atoms with Gasteiger partial charge in [-0.15, -0.1) is 24.0 Å². The van der Waals surface area contributed by atoms with Gasteiger partial charge in [-0.25, -0.2) is 0 Å². The van der Waals surface area contributed by atoms with E-state index in [4.69, 9.17) is 9.73 Å². The van der Waals surface area contributed by atoms with Crippen LogP contribution >= 0.6 is 24.0 Å². The molecule has 2 saturated heterocycles. The Balaban J connectivity index is 0.00000200. The van der Waals surface area contributed by atoms with Crippen molar-refractivity contribution in [1.29, 1.82) is 0 Å². The van der Waals surface area contributed by atoms with Crippen molar-refractivity contribution in [3.8, 4) is 0 Å². The van der Waals surface area contributed by atoms with Crippen LogP contribution in [0.25, 0.3) is 0 Å². The Hall–Kier alpha value is -0.0400. The molecule has 1 N–H and O–H groups in total. The number of likely N-dealkylation sites (tertiary alicyclic amines) is 1. The molecule has 0 radical (unpaired) electrons. The molecule has 0 aromatic heterocycles. The minimum atomic E-state index is 0. The van der Waals surface area contributed by atoms with Crippen LogP contribution in [0.4, 0.5) is 0 Å². The highest BCUT2D eigenvalue weighted by Crippen LogP contribution is 2.28. The van der Waals surface area contributed by atoms with Gasteiger partial charge in [-0.05, 0) is 38.0 Å². The highest BCUT2D eigenvalue weighted by molar-refractivity contribution is 14.0. The molecule has 0 bridgehead atoms. The van der Waals surface area contributed by atoms with Crippen molar-refractivity contribution < 1.29 is 4.74 Å². The second-order valence-corrected chi connectivity index (χ2v) is 6.50. The lowest BCUT2D eigenvalue weighted by Gasteiger charge is -2.23.